The molecule has 0 radical (unpaired) electrons. The number of nitrogens with two attached hydrogens (primary N) is 1. The molecule has 4 nitrogen and oxygen atoms in total. The van der Waals surface area contributed by atoms with Crippen molar-refractivity contribution in [3.8, 4) is 0 Å². The molecule has 0 saturated heterocycles. The fraction of sp³-hybridized carbons (Fsp3) is 0.167. The van der Waals surface area contributed by atoms with Crippen molar-refractivity contribution in [2.45, 2.75) is 11.3 Å². The molecule has 1 heterocycles. The van der Waals surface area contributed by atoms with Gasteiger partial charge in [0, 0.05) is 6.08 Å². The molecule has 2 N–H and O–H groups in total. The molecular formula is C6H7N3OS2. The first kappa shape index (κ1) is 9.21. The summed E-state index contributed by atoms with van der Waals surface area (Å²) in [4.78, 5) is 10.3. The van der Waals surface area contributed by atoms with E-state index in [1.807, 2.05) is 6.92 Å². The normalized spacial score (nSPS) is 10.8. The van der Waals surface area contributed by atoms with Crippen LogP contribution in [-0.2, 0) is 4.79 Å². The van der Waals surface area contributed by atoms with Crippen molar-refractivity contribution in [2.24, 2.45) is 5.73 Å². The molecule has 0 saturated carbocycles. The predicted octanol–water partition coefficient (Wildman–Crippen LogP) is 0.938. The lowest BCUT2D eigenvalue weighted by Gasteiger charge is -1.82. The molecule has 1 amide bonds. The molecule has 0 aliphatic rings. The summed E-state index contributed by atoms with van der Waals surface area (Å²) in [6, 6.07) is 0. The maximum atomic E-state index is 10.3. The third-order valence-corrected chi connectivity index (χ3v) is 2.64. The summed E-state index contributed by atoms with van der Waals surface area (Å²) in [5.41, 5.74) is 4.89. The van der Waals surface area contributed by atoms with Crippen LogP contribution in [0.1, 0.15) is 5.01 Å². The molecule has 0 unspecified atom stereocenters. The van der Waals surface area contributed by atoms with Crippen LogP contribution >= 0.6 is 23.1 Å². The minimum atomic E-state index is -0.455. The van der Waals surface area contributed by atoms with Gasteiger partial charge in [0.15, 0.2) is 4.34 Å². The lowest BCUT2D eigenvalue weighted by Crippen LogP contribution is -2.04. The standard InChI is InChI=1S/C6H7N3OS2/c1-4-8-9-6(12-4)11-3-2-5(7)10/h2-3H,1H3,(H2,7,10). The molecule has 1 aromatic heterocycles. The molecule has 0 aliphatic heterocycles. The number of hydrogen-bond acceptors (Lipinski definition) is 5. The van der Waals surface area contributed by atoms with E-state index in [2.05, 4.69) is 10.2 Å². The number of primary amides is 1. The van der Waals surface area contributed by atoms with Gasteiger partial charge in [-0.05, 0) is 12.3 Å². The van der Waals surface area contributed by atoms with Gasteiger partial charge in [-0.15, -0.1) is 10.2 Å². The third kappa shape index (κ3) is 3.02. The SMILES string of the molecule is Cc1nnc(SC=CC(N)=O)s1. The fourth-order valence-corrected chi connectivity index (χ4v) is 2.03. The first-order valence-electron chi connectivity index (χ1n) is 3.11. The van der Waals surface area contributed by atoms with E-state index in [4.69, 9.17) is 5.73 Å². The van der Waals surface area contributed by atoms with Crippen LogP contribution in [0.5, 0.6) is 0 Å². The van der Waals surface area contributed by atoms with Gasteiger partial charge in [-0.2, -0.15) is 0 Å². The van der Waals surface area contributed by atoms with E-state index >= 15 is 0 Å². The monoisotopic (exact) mass is 201 g/mol. The Balaban J connectivity index is 2.48. The van der Waals surface area contributed by atoms with Crippen molar-refractivity contribution < 1.29 is 4.79 Å². The molecule has 0 fully saturated rings. The molecule has 12 heavy (non-hydrogen) atoms. The summed E-state index contributed by atoms with van der Waals surface area (Å²) >= 11 is 2.81. The quantitative estimate of drug-likeness (QED) is 0.583. The topological polar surface area (TPSA) is 68.9 Å². The largest absolute Gasteiger partial charge is 0.366 e. The van der Waals surface area contributed by atoms with Crippen LogP contribution in [-0.4, -0.2) is 16.1 Å². The number of aromatic nitrogens is 2. The molecule has 0 bridgehead atoms. The third-order valence-electron chi connectivity index (χ3n) is 0.909. The van der Waals surface area contributed by atoms with Gasteiger partial charge < -0.3 is 5.73 Å². The Labute approximate surface area is 77.9 Å². The molecular weight excluding hydrogens is 194 g/mol. The van der Waals surface area contributed by atoms with Crippen molar-refractivity contribution in [3.63, 3.8) is 0 Å². The summed E-state index contributed by atoms with van der Waals surface area (Å²) in [5, 5.41) is 10.2. The Morgan fingerprint density at radius 3 is 2.92 bits per heavy atom. The van der Waals surface area contributed by atoms with Crippen LogP contribution < -0.4 is 5.73 Å². The highest BCUT2D eigenvalue weighted by molar-refractivity contribution is 8.03. The number of thioether (sulfide) groups is 1. The second-order valence-corrected chi connectivity index (χ2v) is 4.24. The number of hydrogen-bond donors (Lipinski definition) is 1. The number of aryl methyl sites for hydroxylation is 1. The molecule has 0 aliphatic carbocycles. The van der Waals surface area contributed by atoms with E-state index in [-0.39, 0.29) is 0 Å². The van der Waals surface area contributed by atoms with Crippen molar-refractivity contribution in [3.05, 3.63) is 16.5 Å². The highest BCUT2D eigenvalue weighted by atomic mass is 32.2. The average molecular weight is 201 g/mol. The molecule has 64 valence electrons. The Morgan fingerprint density at radius 1 is 1.67 bits per heavy atom. The first-order valence-corrected chi connectivity index (χ1v) is 4.81. The van der Waals surface area contributed by atoms with Crippen LogP contribution in [0, 0.1) is 6.92 Å². The van der Waals surface area contributed by atoms with E-state index in [0.29, 0.717) is 0 Å². The summed E-state index contributed by atoms with van der Waals surface area (Å²) in [5.74, 6) is -0.455. The highest BCUT2D eigenvalue weighted by Gasteiger charge is 1.97. The Bertz CT molecular complexity index is 307. The molecule has 0 aromatic carbocycles. The number of rotatable bonds is 3. The van der Waals surface area contributed by atoms with Crippen molar-refractivity contribution in [2.75, 3.05) is 0 Å². The highest BCUT2D eigenvalue weighted by Crippen LogP contribution is 2.22. The Hall–Kier alpha value is -0.880. The number of carbonyl (C=O) groups excluding carboxylic acids is 1. The van der Waals surface area contributed by atoms with Gasteiger partial charge in [-0.3, -0.25) is 4.79 Å². The molecule has 1 aromatic rings. The maximum Gasteiger partial charge on any atom is 0.241 e. The molecule has 0 spiro atoms. The second-order valence-electron chi connectivity index (χ2n) is 1.91. The van der Waals surface area contributed by atoms with Gasteiger partial charge in [0.25, 0.3) is 0 Å². The van der Waals surface area contributed by atoms with Crippen LogP contribution in [0.3, 0.4) is 0 Å². The molecule has 1 rings (SSSR count). The lowest BCUT2D eigenvalue weighted by molar-refractivity contribution is -0.113. The molecule has 6 heteroatoms. The number of amides is 1. The van der Waals surface area contributed by atoms with E-state index in [1.165, 1.54) is 29.2 Å². The van der Waals surface area contributed by atoms with E-state index in [0.717, 1.165) is 9.35 Å². The zero-order valence-corrected chi connectivity index (χ0v) is 7.98. The first-order chi connectivity index (χ1) is 5.68. The van der Waals surface area contributed by atoms with Crippen molar-refractivity contribution in [1.29, 1.82) is 0 Å². The fourth-order valence-electron chi connectivity index (χ4n) is 0.485. The van der Waals surface area contributed by atoms with Crippen molar-refractivity contribution in [1.82, 2.24) is 10.2 Å². The zero-order valence-electron chi connectivity index (χ0n) is 6.35. The predicted molar refractivity (Wildman–Crippen MR) is 48.8 cm³/mol. The Morgan fingerprint density at radius 2 is 2.42 bits per heavy atom. The second kappa shape index (κ2) is 4.22. The van der Waals surface area contributed by atoms with Crippen LogP contribution in [0.15, 0.2) is 15.8 Å². The van der Waals surface area contributed by atoms with E-state index in [1.54, 1.807) is 5.41 Å². The lowest BCUT2D eigenvalue weighted by atomic mass is 10.6. The summed E-state index contributed by atoms with van der Waals surface area (Å²) < 4.78 is 0.810. The smallest absolute Gasteiger partial charge is 0.241 e. The van der Waals surface area contributed by atoms with Gasteiger partial charge >= 0.3 is 0 Å². The molecule has 0 atom stereocenters. The average Bonchev–Trinajstić information content (AvgIpc) is 2.35. The number of carbonyl (C=O) groups is 1. The summed E-state index contributed by atoms with van der Waals surface area (Å²) in [6.45, 7) is 1.87. The van der Waals surface area contributed by atoms with Gasteiger partial charge in [0.2, 0.25) is 5.91 Å². The van der Waals surface area contributed by atoms with Crippen molar-refractivity contribution >= 4 is 29.0 Å². The van der Waals surface area contributed by atoms with Gasteiger partial charge in [-0.1, -0.05) is 23.1 Å². The van der Waals surface area contributed by atoms with Gasteiger partial charge in [0.1, 0.15) is 5.01 Å². The van der Waals surface area contributed by atoms with Gasteiger partial charge in [0.05, 0.1) is 0 Å². The minimum absolute atomic E-state index is 0.455. The van der Waals surface area contributed by atoms with Crippen LogP contribution in [0.4, 0.5) is 0 Å². The summed E-state index contributed by atoms with van der Waals surface area (Å²) in [6.07, 6.45) is 1.29. The van der Waals surface area contributed by atoms with Crippen LogP contribution in [0.25, 0.3) is 0 Å². The van der Waals surface area contributed by atoms with E-state index in [9.17, 15) is 4.79 Å². The Kier molecular flexibility index (Phi) is 3.24. The summed E-state index contributed by atoms with van der Waals surface area (Å²) in [7, 11) is 0. The van der Waals surface area contributed by atoms with E-state index < -0.39 is 5.91 Å². The van der Waals surface area contributed by atoms with Crippen LogP contribution in [0.2, 0.25) is 0 Å². The number of nitrogens with zero attached hydrogens (tertiary/aromatic N) is 2. The van der Waals surface area contributed by atoms with Gasteiger partial charge in [-0.25, -0.2) is 0 Å². The minimum Gasteiger partial charge on any atom is -0.366 e. The maximum absolute atomic E-state index is 10.3. The zero-order chi connectivity index (χ0) is 8.97.